The molecule has 58 valence electrons. The molecule has 1 atom stereocenters. The Kier molecular flexibility index (Phi) is 2.33. The van der Waals surface area contributed by atoms with E-state index in [0.29, 0.717) is 0 Å². The smallest absolute Gasteiger partial charge is 0.203 e. The van der Waals surface area contributed by atoms with Gasteiger partial charge in [-0.05, 0) is 26.3 Å². The van der Waals surface area contributed by atoms with Crippen molar-refractivity contribution < 1.29 is 9.47 Å². The van der Waals surface area contributed by atoms with Crippen molar-refractivity contribution in [2.24, 2.45) is 0 Å². The maximum atomic E-state index is 5.37. The summed E-state index contributed by atoms with van der Waals surface area (Å²) in [6, 6.07) is 0. The quantitative estimate of drug-likeness (QED) is 0.587. The molecule has 0 aromatic rings. The van der Waals surface area contributed by atoms with Gasteiger partial charge in [0.15, 0.2) is 0 Å². The zero-order valence-electron chi connectivity index (χ0n) is 6.81. The normalized spacial score (nSPS) is 25.3. The van der Waals surface area contributed by atoms with Crippen LogP contribution in [0.2, 0.25) is 0 Å². The van der Waals surface area contributed by atoms with E-state index in [1.807, 2.05) is 13.8 Å². The third-order valence-corrected chi connectivity index (χ3v) is 1.73. The molecule has 0 spiro atoms. The van der Waals surface area contributed by atoms with Gasteiger partial charge in [-0.15, -0.1) is 0 Å². The van der Waals surface area contributed by atoms with Crippen molar-refractivity contribution in [1.29, 1.82) is 0 Å². The summed E-state index contributed by atoms with van der Waals surface area (Å²) in [6.07, 6.45) is 0.921. The average Bonchev–Trinajstić information content (AvgIpc) is 2.14. The molecule has 0 aromatic carbocycles. The first-order valence-electron chi connectivity index (χ1n) is 3.68. The summed E-state index contributed by atoms with van der Waals surface area (Å²) in [5.74, 6) is 1.03. The summed E-state index contributed by atoms with van der Waals surface area (Å²) in [5.41, 5.74) is 1.30. The van der Waals surface area contributed by atoms with Crippen LogP contribution in [0.25, 0.3) is 0 Å². The highest BCUT2D eigenvalue weighted by Gasteiger charge is 2.19. The topological polar surface area (TPSA) is 18.5 Å². The molecule has 2 heteroatoms. The van der Waals surface area contributed by atoms with Gasteiger partial charge in [0, 0.05) is 13.0 Å². The lowest BCUT2D eigenvalue weighted by Gasteiger charge is -2.10. The van der Waals surface area contributed by atoms with Crippen molar-refractivity contribution >= 4 is 0 Å². The Bertz CT molecular complexity index is 135. The van der Waals surface area contributed by atoms with Gasteiger partial charge in [-0.1, -0.05) is 0 Å². The standard InChI is InChI=1S/C8H14O2/c1-4-9-8-5-6(2)7(3)10-8/h8H,4-5H2,1-3H3. The van der Waals surface area contributed by atoms with Crippen molar-refractivity contribution in [2.75, 3.05) is 6.61 Å². The largest absolute Gasteiger partial charge is 0.469 e. The molecule has 2 nitrogen and oxygen atoms in total. The van der Waals surface area contributed by atoms with Crippen LogP contribution in [-0.2, 0) is 9.47 Å². The lowest BCUT2D eigenvalue weighted by atomic mass is 10.2. The number of rotatable bonds is 2. The summed E-state index contributed by atoms with van der Waals surface area (Å²) in [6.45, 7) is 6.76. The van der Waals surface area contributed by atoms with Gasteiger partial charge >= 0.3 is 0 Å². The van der Waals surface area contributed by atoms with Crippen LogP contribution in [0.3, 0.4) is 0 Å². The summed E-state index contributed by atoms with van der Waals surface area (Å²) in [4.78, 5) is 0. The molecule has 0 saturated carbocycles. The molecule has 0 N–H and O–H groups in total. The number of ether oxygens (including phenoxy) is 2. The molecule has 1 aliphatic heterocycles. The number of allylic oxidation sites excluding steroid dienone is 1. The van der Waals surface area contributed by atoms with E-state index in [9.17, 15) is 0 Å². The number of hydrogen-bond acceptors (Lipinski definition) is 2. The predicted molar refractivity (Wildman–Crippen MR) is 39.5 cm³/mol. The molecule has 0 bridgehead atoms. The fraction of sp³-hybridized carbons (Fsp3) is 0.750. The lowest BCUT2D eigenvalue weighted by Crippen LogP contribution is -2.10. The molecular weight excluding hydrogens is 128 g/mol. The second-order valence-electron chi connectivity index (χ2n) is 2.54. The molecule has 10 heavy (non-hydrogen) atoms. The van der Waals surface area contributed by atoms with Gasteiger partial charge in [0.1, 0.15) is 0 Å². The molecule has 0 saturated heterocycles. The first kappa shape index (κ1) is 7.61. The summed E-state index contributed by atoms with van der Waals surface area (Å²) < 4.78 is 10.7. The van der Waals surface area contributed by atoms with Gasteiger partial charge in [0.05, 0.1) is 5.76 Å². The van der Waals surface area contributed by atoms with E-state index in [2.05, 4.69) is 6.92 Å². The molecular formula is C8H14O2. The Labute approximate surface area is 61.8 Å². The highest BCUT2D eigenvalue weighted by atomic mass is 16.7. The first-order chi connectivity index (χ1) is 4.74. The minimum Gasteiger partial charge on any atom is -0.469 e. The van der Waals surface area contributed by atoms with E-state index in [1.54, 1.807) is 0 Å². The first-order valence-corrected chi connectivity index (χ1v) is 3.68. The monoisotopic (exact) mass is 142 g/mol. The fourth-order valence-corrected chi connectivity index (χ4v) is 1.01. The van der Waals surface area contributed by atoms with Crippen LogP contribution in [-0.4, -0.2) is 12.9 Å². The van der Waals surface area contributed by atoms with Crippen LogP contribution in [0, 0.1) is 0 Å². The molecule has 0 aromatic heterocycles. The van der Waals surface area contributed by atoms with Crippen molar-refractivity contribution in [1.82, 2.24) is 0 Å². The SMILES string of the molecule is CCOC1CC(C)=C(C)O1. The third kappa shape index (κ3) is 1.51. The van der Waals surface area contributed by atoms with E-state index in [4.69, 9.17) is 9.47 Å². The Morgan fingerprint density at radius 3 is 2.70 bits per heavy atom. The van der Waals surface area contributed by atoms with Crippen LogP contribution in [0.1, 0.15) is 27.2 Å². The van der Waals surface area contributed by atoms with Gasteiger partial charge in [-0.2, -0.15) is 0 Å². The minimum absolute atomic E-state index is 0.00926. The molecule has 0 radical (unpaired) electrons. The number of hydrogen-bond donors (Lipinski definition) is 0. The van der Waals surface area contributed by atoms with Crippen LogP contribution >= 0.6 is 0 Å². The van der Waals surface area contributed by atoms with E-state index in [-0.39, 0.29) is 6.29 Å². The molecule has 0 aliphatic carbocycles. The molecule has 1 aliphatic rings. The molecule has 1 unspecified atom stereocenters. The van der Waals surface area contributed by atoms with Crippen molar-refractivity contribution in [3.63, 3.8) is 0 Å². The van der Waals surface area contributed by atoms with Crippen LogP contribution in [0.15, 0.2) is 11.3 Å². The van der Waals surface area contributed by atoms with Crippen LogP contribution in [0.5, 0.6) is 0 Å². The van der Waals surface area contributed by atoms with Crippen LogP contribution in [0.4, 0.5) is 0 Å². The second kappa shape index (κ2) is 3.06. The van der Waals surface area contributed by atoms with E-state index in [0.717, 1.165) is 18.8 Å². The third-order valence-electron chi connectivity index (χ3n) is 1.73. The summed E-state index contributed by atoms with van der Waals surface area (Å²) in [7, 11) is 0. The van der Waals surface area contributed by atoms with Gasteiger partial charge in [-0.3, -0.25) is 0 Å². The predicted octanol–water partition coefficient (Wildman–Crippen LogP) is 2.06. The van der Waals surface area contributed by atoms with Gasteiger partial charge < -0.3 is 9.47 Å². The maximum Gasteiger partial charge on any atom is 0.203 e. The summed E-state index contributed by atoms with van der Waals surface area (Å²) in [5, 5.41) is 0. The Balaban J connectivity index is 2.36. The molecule has 1 heterocycles. The Hall–Kier alpha value is -0.500. The zero-order chi connectivity index (χ0) is 7.56. The van der Waals surface area contributed by atoms with Crippen molar-refractivity contribution in [3.05, 3.63) is 11.3 Å². The van der Waals surface area contributed by atoms with Gasteiger partial charge in [0.2, 0.25) is 6.29 Å². The fourth-order valence-electron chi connectivity index (χ4n) is 1.01. The van der Waals surface area contributed by atoms with Crippen LogP contribution < -0.4 is 0 Å². The van der Waals surface area contributed by atoms with E-state index < -0.39 is 0 Å². The molecule has 1 rings (SSSR count). The maximum absolute atomic E-state index is 5.37. The highest BCUT2D eigenvalue weighted by Crippen LogP contribution is 2.24. The zero-order valence-corrected chi connectivity index (χ0v) is 6.81. The van der Waals surface area contributed by atoms with E-state index >= 15 is 0 Å². The van der Waals surface area contributed by atoms with Gasteiger partial charge in [0.25, 0.3) is 0 Å². The van der Waals surface area contributed by atoms with Crippen molar-refractivity contribution in [2.45, 2.75) is 33.5 Å². The molecule has 0 amide bonds. The minimum atomic E-state index is -0.00926. The second-order valence-corrected chi connectivity index (χ2v) is 2.54. The summed E-state index contributed by atoms with van der Waals surface area (Å²) >= 11 is 0. The Morgan fingerprint density at radius 2 is 2.30 bits per heavy atom. The lowest BCUT2D eigenvalue weighted by molar-refractivity contribution is -0.0955. The highest BCUT2D eigenvalue weighted by molar-refractivity contribution is 5.08. The van der Waals surface area contributed by atoms with Gasteiger partial charge in [-0.25, -0.2) is 0 Å². The molecule has 0 fully saturated rings. The average molecular weight is 142 g/mol. The van der Waals surface area contributed by atoms with Crippen molar-refractivity contribution in [3.8, 4) is 0 Å². The Morgan fingerprint density at radius 1 is 1.60 bits per heavy atom. The van der Waals surface area contributed by atoms with E-state index in [1.165, 1.54) is 5.57 Å².